The van der Waals surface area contributed by atoms with Crippen molar-refractivity contribution in [2.75, 3.05) is 13.1 Å². The van der Waals surface area contributed by atoms with Crippen molar-refractivity contribution in [3.05, 3.63) is 71.0 Å². The zero-order chi connectivity index (χ0) is 20.1. The van der Waals surface area contributed by atoms with Crippen molar-refractivity contribution in [2.24, 2.45) is 11.8 Å². The Morgan fingerprint density at radius 3 is 2.54 bits per heavy atom. The van der Waals surface area contributed by atoms with Crippen LogP contribution in [-0.4, -0.2) is 35.0 Å². The number of likely N-dealkylation sites (tertiary alicyclic amines) is 1. The van der Waals surface area contributed by atoms with Crippen molar-refractivity contribution in [1.29, 1.82) is 0 Å². The van der Waals surface area contributed by atoms with Gasteiger partial charge in [0.05, 0.1) is 5.56 Å². The molecule has 0 bridgehead atoms. The van der Waals surface area contributed by atoms with Gasteiger partial charge in [-0.2, -0.15) is 0 Å². The lowest BCUT2D eigenvalue weighted by Gasteiger charge is -2.34. The van der Waals surface area contributed by atoms with Gasteiger partial charge in [0, 0.05) is 19.0 Å². The number of hydrogen-bond acceptors (Lipinski definition) is 2. The first kappa shape index (κ1) is 20.1. The molecule has 148 valence electrons. The third-order valence-electron chi connectivity index (χ3n) is 5.54. The Morgan fingerprint density at radius 2 is 1.86 bits per heavy atom. The summed E-state index contributed by atoms with van der Waals surface area (Å²) in [6.45, 7) is 3.26. The van der Waals surface area contributed by atoms with Gasteiger partial charge in [0.2, 0.25) is 5.91 Å². The molecule has 5 heteroatoms. The summed E-state index contributed by atoms with van der Waals surface area (Å²) in [7, 11) is 0. The van der Waals surface area contributed by atoms with Crippen molar-refractivity contribution in [1.82, 2.24) is 4.90 Å². The van der Waals surface area contributed by atoms with Crippen molar-refractivity contribution >= 4 is 11.9 Å². The van der Waals surface area contributed by atoms with Crippen molar-refractivity contribution in [3.8, 4) is 0 Å². The fraction of sp³-hybridized carbons (Fsp3) is 0.391. The molecule has 0 radical (unpaired) electrons. The van der Waals surface area contributed by atoms with Gasteiger partial charge in [-0.3, -0.25) is 4.79 Å². The minimum Gasteiger partial charge on any atom is -0.478 e. The van der Waals surface area contributed by atoms with Gasteiger partial charge in [-0.25, -0.2) is 9.18 Å². The molecule has 1 aliphatic heterocycles. The molecule has 2 aromatic carbocycles. The maximum atomic E-state index is 13.3. The summed E-state index contributed by atoms with van der Waals surface area (Å²) < 4.78 is 13.3. The second-order valence-corrected chi connectivity index (χ2v) is 7.67. The van der Waals surface area contributed by atoms with Crippen molar-refractivity contribution < 1.29 is 19.1 Å². The maximum Gasteiger partial charge on any atom is 0.335 e. The maximum absolute atomic E-state index is 13.3. The molecule has 3 rings (SSSR count). The standard InChI is InChI=1S/C23H26FNO3/c1-16(13-18-5-4-7-20(24)15-18)22(26)25-11-9-17(10-12-25)14-19-6-2-3-8-21(19)23(27)28/h2-8,15-17H,9-14H2,1H3,(H,27,28). The molecule has 1 amide bonds. The Morgan fingerprint density at radius 1 is 1.14 bits per heavy atom. The molecule has 1 N–H and O–H groups in total. The van der Waals surface area contributed by atoms with Crippen LogP contribution in [0.15, 0.2) is 48.5 Å². The van der Waals surface area contributed by atoms with Crippen LogP contribution in [0.3, 0.4) is 0 Å². The van der Waals surface area contributed by atoms with Gasteiger partial charge in [-0.05, 0) is 60.9 Å². The summed E-state index contributed by atoms with van der Waals surface area (Å²) in [5, 5.41) is 9.33. The molecule has 2 aromatic rings. The van der Waals surface area contributed by atoms with E-state index in [1.807, 2.05) is 30.0 Å². The minimum absolute atomic E-state index is 0.105. The molecular formula is C23H26FNO3. The number of aromatic carboxylic acids is 1. The van der Waals surface area contributed by atoms with Gasteiger partial charge in [-0.15, -0.1) is 0 Å². The highest BCUT2D eigenvalue weighted by Gasteiger charge is 2.27. The van der Waals surface area contributed by atoms with Crippen LogP contribution in [0.25, 0.3) is 0 Å². The van der Waals surface area contributed by atoms with E-state index in [9.17, 15) is 19.1 Å². The number of carbonyl (C=O) groups is 2. The van der Waals surface area contributed by atoms with Crippen LogP contribution in [0, 0.1) is 17.7 Å². The van der Waals surface area contributed by atoms with E-state index in [1.165, 1.54) is 12.1 Å². The molecule has 1 saturated heterocycles. The normalized spacial score (nSPS) is 16.0. The molecule has 1 fully saturated rings. The van der Waals surface area contributed by atoms with E-state index in [1.54, 1.807) is 18.2 Å². The van der Waals surface area contributed by atoms with Crippen LogP contribution in [0.1, 0.15) is 41.3 Å². The fourth-order valence-electron chi connectivity index (χ4n) is 3.99. The molecule has 0 aliphatic carbocycles. The molecule has 1 heterocycles. The lowest BCUT2D eigenvalue weighted by molar-refractivity contribution is -0.136. The van der Waals surface area contributed by atoms with Crippen LogP contribution in [0.5, 0.6) is 0 Å². The molecule has 1 unspecified atom stereocenters. The first-order valence-corrected chi connectivity index (χ1v) is 9.78. The minimum atomic E-state index is -0.894. The number of benzene rings is 2. The van der Waals surface area contributed by atoms with Crippen LogP contribution < -0.4 is 0 Å². The number of carboxylic acid groups (broad SMARTS) is 1. The van der Waals surface area contributed by atoms with E-state index >= 15 is 0 Å². The summed E-state index contributed by atoms with van der Waals surface area (Å²) in [5.41, 5.74) is 2.06. The SMILES string of the molecule is CC(Cc1cccc(F)c1)C(=O)N1CCC(Cc2ccccc2C(=O)O)CC1. The predicted octanol–water partition coefficient (Wildman–Crippen LogP) is 4.18. The number of amides is 1. The molecule has 0 spiro atoms. The lowest BCUT2D eigenvalue weighted by Crippen LogP contribution is -2.42. The number of carbonyl (C=O) groups excluding carboxylic acids is 1. The Bertz CT molecular complexity index is 843. The number of rotatable bonds is 6. The smallest absolute Gasteiger partial charge is 0.335 e. The van der Waals surface area contributed by atoms with Gasteiger partial charge in [-0.1, -0.05) is 37.3 Å². The zero-order valence-electron chi connectivity index (χ0n) is 16.1. The van der Waals surface area contributed by atoms with E-state index in [0.717, 1.165) is 30.4 Å². The van der Waals surface area contributed by atoms with E-state index in [4.69, 9.17) is 0 Å². The number of hydrogen-bond donors (Lipinski definition) is 1. The molecule has 0 saturated carbocycles. The first-order chi connectivity index (χ1) is 13.4. The van der Waals surface area contributed by atoms with Crippen LogP contribution in [0.2, 0.25) is 0 Å². The summed E-state index contributed by atoms with van der Waals surface area (Å²) in [5.74, 6) is -0.878. The molecule has 28 heavy (non-hydrogen) atoms. The quantitative estimate of drug-likeness (QED) is 0.814. The van der Waals surface area contributed by atoms with Crippen LogP contribution >= 0.6 is 0 Å². The largest absolute Gasteiger partial charge is 0.478 e. The average Bonchev–Trinajstić information content (AvgIpc) is 2.68. The fourth-order valence-corrected chi connectivity index (χ4v) is 3.99. The van der Waals surface area contributed by atoms with E-state index in [-0.39, 0.29) is 17.6 Å². The van der Waals surface area contributed by atoms with Crippen molar-refractivity contribution in [3.63, 3.8) is 0 Å². The number of piperidine rings is 1. The average molecular weight is 383 g/mol. The second kappa shape index (κ2) is 9.00. The molecule has 1 atom stereocenters. The number of nitrogens with zero attached hydrogens (tertiary/aromatic N) is 1. The first-order valence-electron chi connectivity index (χ1n) is 9.78. The predicted molar refractivity (Wildman–Crippen MR) is 106 cm³/mol. The molecule has 0 aromatic heterocycles. The Labute approximate surface area is 165 Å². The summed E-state index contributed by atoms with van der Waals surface area (Å²) >= 11 is 0. The highest BCUT2D eigenvalue weighted by atomic mass is 19.1. The van der Waals surface area contributed by atoms with E-state index < -0.39 is 5.97 Å². The summed E-state index contributed by atoms with van der Waals surface area (Å²) in [6.07, 6.45) is 2.99. The van der Waals surface area contributed by atoms with E-state index in [0.29, 0.717) is 31.0 Å². The number of halogens is 1. The van der Waals surface area contributed by atoms with Gasteiger partial charge < -0.3 is 10.0 Å². The third kappa shape index (κ3) is 4.97. The monoisotopic (exact) mass is 383 g/mol. The van der Waals surface area contributed by atoms with Crippen LogP contribution in [-0.2, 0) is 17.6 Å². The molecule has 1 aliphatic rings. The highest BCUT2D eigenvalue weighted by Crippen LogP contribution is 2.25. The Balaban J connectivity index is 1.53. The topological polar surface area (TPSA) is 57.6 Å². The lowest BCUT2D eigenvalue weighted by atomic mass is 9.88. The Kier molecular flexibility index (Phi) is 6.45. The second-order valence-electron chi connectivity index (χ2n) is 7.67. The van der Waals surface area contributed by atoms with Crippen LogP contribution in [0.4, 0.5) is 4.39 Å². The third-order valence-corrected chi connectivity index (χ3v) is 5.54. The highest BCUT2D eigenvalue weighted by molar-refractivity contribution is 5.89. The van der Waals surface area contributed by atoms with Gasteiger partial charge in [0.1, 0.15) is 5.82 Å². The van der Waals surface area contributed by atoms with Crippen molar-refractivity contribution in [2.45, 2.75) is 32.6 Å². The summed E-state index contributed by atoms with van der Waals surface area (Å²) in [4.78, 5) is 26.0. The van der Waals surface area contributed by atoms with Gasteiger partial charge in [0.25, 0.3) is 0 Å². The Hall–Kier alpha value is -2.69. The van der Waals surface area contributed by atoms with Gasteiger partial charge >= 0.3 is 5.97 Å². The summed E-state index contributed by atoms with van der Waals surface area (Å²) in [6, 6.07) is 13.5. The molecular weight excluding hydrogens is 357 g/mol. The van der Waals surface area contributed by atoms with E-state index in [2.05, 4.69) is 0 Å². The molecule has 4 nitrogen and oxygen atoms in total. The van der Waals surface area contributed by atoms with Gasteiger partial charge in [0.15, 0.2) is 0 Å². The zero-order valence-corrected chi connectivity index (χ0v) is 16.1. The number of carboxylic acids is 1.